The summed E-state index contributed by atoms with van der Waals surface area (Å²) in [6.45, 7) is -0.163. The molecular formula is C9H12F6O8S2. The molecule has 150 valence electrons. The van der Waals surface area contributed by atoms with E-state index in [1.165, 1.54) is 13.8 Å². The van der Waals surface area contributed by atoms with Crippen molar-refractivity contribution in [3.05, 3.63) is 0 Å². The highest BCUT2D eigenvalue weighted by Gasteiger charge is 2.51. The molecule has 0 radical (unpaired) electrons. The minimum absolute atomic E-state index is 1.20. The van der Waals surface area contributed by atoms with Crippen LogP contribution >= 0.6 is 0 Å². The minimum atomic E-state index is -5.99. The van der Waals surface area contributed by atoms with Crippen molar-refractivity contribution in [1.29, 1.82) is 0 Å². The maximum Gasteiger partial charge on any atom is 0.523 e. The molecule has 8 nitrogen and oxygen atoms in total. The average Bonchev–Trinajstić information content (AvgIpc) is 2.66. The molecular weight excluding hydrogens is 414 g/mol. The number of hydrogen-bond acceptors (Lipinski definition) is 8. The molecule has 0 unspecified atom stereocenters. The average molecular weight is 426 g/mol. The van der Waals surface area contributed by atoms with Gasteiger partial charge in [0.15, 0.2) is 5.79 Å². The van der Waals surface area contributed by atoms with Gasteiger partial charge in [-0.05, 0) is 13.8 Å². The second-order valence-electron chi connectivity index (χ2n) is 5.08. The molecule has 0 bridgehead atoms. The molecule has 16 heteroatoms. The van der Waals surface area contributed by atoms with Crippen LogP contribution in [0.15, 0.2) is 0 Å². The molecule has 1 aliphatic heterocycles. The molecule has 0 aromatic rings. The summed E-state index contributed by atoms with van der Waals surface area (Å²) < 4.78 is 134. The Hall–Kier alpha value is -0.680. The first-order valence-electron chi connectivity index (χ1n) is 6.15. The van der Waals surface area contributed by atoms with Gasteiger partial charge in [0.05, 0.1) is 13.2 Å². The van der Waals surface area contributed by atoms with Gasteiger partial charge in [0.1, 0.15) is 12.2 Å². The molecule has 1 fully saturated rings. The van der Waals surface area contributed by atoms with Crippen LogP contribution in [-0.2, 0) is 38.1 Å². The Bertz CT molecular complexity index is 622. The van der Waals surface area contributed by atoms with Gasteiger partial charge in [-0.15, -0.1) is 0 Å². The van der Waals surface area contributed by atoms with Gasteiger partial charge in [0.2, 0.25) is 0 Å². The topological polar surface area (TPSA) is 105 Å². The van der Waals surface area contributed by atoms with Crippen LogP contribution in [0.3, 0.4) is 0 Å². The summed E-state index contributed by atoms with van der Waals surface area (Å²) in [4.78, 5) is 0. The lowest BCUT2D eigenvalue weighted by molar-refractivity contribution is -0.150. The van der Waals surface area contributed by atoms with Crippen LogP contribution in [0.1, 0.15) is 13.8 Å². The summed E-state index contributed by atoms with van der Waals surface area (Å²) in [5.74, 6) is -1.56. The van der Waals surface area contributed by atoms with E-state index < -0.39 is 62.5 Å². The summed E-state index contributed by atoms with van der Waals surface area (Å²) in [5, 5.41) is 0. The van der Waals surface area contributed by atoms with Gasteiger partial charge in [0.25, 0.3) is 0 Å². The number of hydrogen-bond donors (Lipinski definition) is 0. The summed E-state index contributed by atoms with van der Waals surface area (Å²) in [5.41, 5.74) is -11.5. The summed E-state index contributed by atoms with van der Waals surface area (Å²) in [6.07, 6.45) is -3.29. The Morgan fingerprint density at radius 3 is 1.32 bits per heavy atom. The predicted octanol–water partition coefficient (Wildman–Crippen LogP) is 1.24. The normalized spacial score (nSPS) is 25.3. The SMILES string of the molecule is CC1(C)O[C@H](COS(=O)(=O)C(F)(F)F)[C@@H](COS(=O)(=O)C(F)(F)F)O1. The zero-order chi connectivity index (χ0) is 19.9. The van der Waals surface area contributed by atoms with Crippen molar-refractivity contribution < 1.29 is 61.0 Å². The third-order valence-electron chi connectivity index (χ3n) is 2.63. The molecule has 1 rings (SSSR count). The van der Waals surface area contributed by atoms with Crippen LogP contribution in [0.25, 0.3) is 0 Å². The van der Waals surface area contributed by atoms with E-state index in [-0.39, 0.29) is 0 Å². The van der Waals surface area contributed by atoms with Gasteiger partial charge >= 0.3 is 31.3 Å². The lowest BCUT2D eigenvalue weighted by atomic mass is 10.2. The van der Waals surface area contributed by atoms with E-state index in [9.17, 15) is 43.2 Å². The summed E-state index contributed by atoms with van der Waals surface area (Å²) in [6, 6.07) is 0. The Morgan fingerprint density at radius 1 is 0.800 bits per heavy atom. The quantitative estimate of drug-likeness (QED) is 0.355. The molecule has 0 N–H and O–H groups in total. The van der Waals surface area contributed by atoms with Crippen molar-refractivity contribution in [2.45, 2.75) is 42.9 Å². The molecule has 25 heavy (non-hydrogen) atoms. The van der Waals surface area contributed by atoms with Crippen LogP contribution in [0, 0.1) is 0 Å². The van der Waals surface area contributed by atoms with E-state index in [0.717, 1.165) is 0 Å². The van der Waals surface area contributed by atoms with Crippen LogP contribution < -0.4 is 0 Å². The van der Waals surface area contributed by atoms with Crippen molar-refractivity contribution >= 4 is 20.2 Å². The maximum atomic E-state index is 12.2. The molecule has 0 amide bonds. The standard InChI is InChI=1S/C9H12F6O8S2/c1-7(2)22-5(3-20-24(16,17)8(10,11)12)6(23-7)4-21-25(18,19)9(13,14)15/h5-6H,3-4H2,1-2H3/t5-,6-/m1/s1. The summed E-state index contributed by atoms with van der Waals surface area (Å²) >= 11 is 0. The van der Waals surface area contributed by atoms with E-state index in [4.69, 9.17) is 9.47 Å². The van der Waals surface area contributed by atoms with Crippen molar-refractivity contribution in [2.24, 2.45) is 0 Å². The highest BCUT2D eigenvalue weighted by molar-refractivity contribution is 7.87. The molecule has 1 aliphatic rings. The lowest BCUT2D eigenvalue weighted by Crippen LogP contribution is -2.37. The van der Waals surface area contributed by atoms with Gasteiger partial charge < -0.3 is 9.47 Å². The van der Waals surface area contributed by atoms with Crippen molar-refractivity contribution in [3.8, 4) is 0 Å². The van der Waals surface area contributed by atoms with E-state index in [1.807, 2.05) is 0 Å². The molecule has 1 saturated heterocycles. The molecule has 0 aromatic carbocycles. The predicted molar refractivity (Wildman–Crippen MR) is 65.7 cm³/mol. The zero-order valence-corrected chi connectivity index (χ0v) is 14.1. The maximum absolute atomic E-state index is 12.2. The van der Waals surface area contributed by atoms with Crippen molar-refractivity contribution in [1.82, 2.24) is 0 Å². The lowest BCUT2D eigenvalue weighted by Gasteiger charge is -2.17. The molecule has 1 heterocycles. The smallest absolute Gasteiger partial charge is 0.342 e. The van der Waals surface area contributed by atoms with Crippen LogP contribution in [0.2, 0.25) is 0 Å². The fourth-order valence-electron chi connectivity index (χ4n) is 1.64. The van der Waals surface area contributed by atoms with Gasteiger partial charge in [0, 0.05) is 0 Å². The van der Waals surface area contributed by atoms with Crippen LogP contribution in [-0.4, -0.2) is 59.1 Å². The number of alkyl halides is 6. The highest BCUT2D eigenvalue weighted by Crippen LogP contribution is 2.32. The van der Waals surface area contributed by atoms with Crippen molar-refractivity contribution in [2.75, 3.05) is 13.2 Å². The van der Waals surface area contributed by atoms with Gasteiger partial charge in [-0.25, -0.2) is 0 Å². The van der Waals surface area contributed by atoms with Gasteiger partial charge in [-0.3, -0.25) is 8.37 Å². The van der Waals surface area contributed by atoms with E-state index in [0.29, 0.717) is 0 Å². The Balaban J connectivity index is 2.81. The highest BCUT2D eigenvalue weighted by atomic mass is 32.2. The first-order chi connectivity index (χ1) is 10.9. The molecule has 0 aliphatic carbocycles. The number of rotatable bonds is 6. The Morgan fingerprint density at radius 2 is 1.08 bits per heavy atom. The zero-order valence-electron chi connectivity index (χ0n) is 12.4. The van der Waals surface area contributed by atoms with Crippen LogP contribution in [0.4, 0.5) is 26.3 Å². The van der Waals surface area contributed by atoms with E-state index in [1.54, 1.807) is 0 Å². The number of ether oxygens (including phenoxy) is 2. The fourth-order valence-corrected chi connectivity index (χ4v) is 2.53. The largest absolute Gasteiger partial charge is 0.523 e. The third kappa shape index (κ3) is 5.65. The molecule has 0 saturated carbocycles. The van der Waals surface area contributed by atoms with E-state index in [2.05, 4.69) is 8.37 Å². The molecule has 0 spiro atoms. The van der Waals surface area contributed by atoms with E-state index >= 15 is 0 Å². The second kappa shape index (κ2) is 6.80. The molecule has 2 atom stereocenters. The van der Waals surface area contributed by atoms with Crippen LogP contribution in [0.5, 0.6) is 0 Å². The monoisotopic (exact) mass is 426 g/mol. The summed E-state index contributed by atoms with van der Waals surface area (Å²) in [7, 11) is -12.0. The first-order valence-corrected chi connectivity index (χ1v) is 8.97. The second-order valence-corrected chi connectivity index (χ2v) is 8.29. The van der Waals surface area contributed by atoms with Crippen molar-refractivity contribution in [3.63, 3.8) is 0 Å². The minimum Gasteiger partial charge on any atom is -0.342 e. The van der Waals surface area contributed by atoms with Gasteiger partial charge in [-0.2, -0.15) is 43.2 Å². The number of halogens is 6. The molecule has 0 aromatic heterocycles. The third-order valence-corrected chi connectivity index (χ3v) is 4.65. The fraction of sp³-hybridized carbons (Fsp3) is 1.00. The van der Waals surface area contributed by atoms with Gasteiger partial charge in [-0.1, -0.05) is 0 Å². The Kier molecular flexibility index (Phi) is 6.09. The first kappa shape index (κ1) is 22.4. The Labute approximate surface area is 138 Å².